The van der Waals surface area contributed by atoms with Crippen molar-refractivity contribution in [1.82, 2.24) is 20.4 Å². The normalized spacial score (nSPS) is 11.3. The Hall–Kier alpha value is -2.83. The lowest BCUT2D eigenvalue weighted by atomic mass is 10.1. The molecule has 26 heavy (non-hydrogen) atoms. The maximum Gasteiger partial charge on any atom is 0.221 e. The van der Waals surface area contributed by atoms with Gasteiger partial charge in [-0.1, -0.05) is 12.1 Å². The number of aryl methyl sites for hydroxylation is 2. The number of anilines is 1. The molecule has 0 aliphatic carbocycles. The molecule has 140 valence electrons. The molecule has 2 aromatic rings. The van der Waals surface area contributed by atoms with Crippen LogP contribution in [0.5, 0.6) is 0 Å². The molecular formula is C19H28N6O. The smallest absolute Gasteiger partial charge is 0.221 e. The molecule has 3 N–H and O–H groups in total. The molecule has 1 heterocycles. The minimum Gasteiger partial charge on any atom is -0.356 e. The van der Waals surface area contributed by atoms with E-state index in [0.717, 1.165) is 36.0 Å². The first-order valence-electron chi connectivity index (χ1n) is 8.70. The molecule has 1 aromatic carbocycles. The van der Waals surface area contributed by atoms with Gasteiger partial charge in [-0.25, -0.2) is 0 Å². The first kappa shape index (κ1) is 19.5. The van der Waals surface area contributed by atoms with Crippen molar-refractivity contribution in [3.63, 3.8) is 0 Å². The number of carbonyl (C=O) groups excluding carboxylic acids is 1. The van der Waals surface area contributed by atoms with Crippen LogP contribution in [0.2, 0.25) is 0 Å². The average molecular weight is 356 g/mol. The van der Waals surface area contributed by atoms with Crippen LogP contribution in [0, 0.1) is 13.8 Å². The van der Waals surface area contributed by atoms with E-state index in [-0.39, 0.29) is 5.91 Å². The Balaban J connectivity index is 1.81. The first-order chi connectivity index (χ1) is 12.4. The monoisotopic (exact) mass is 356 g/mol. The van der Waals surface area contributed by atoms with Gasteiger partial charge in [0.1, 0.15) is 0 Å². The highest BCUT2D eigenvalue weighted by molar-refractivity contribution is 5.88. The van der Waals surface area contributed by atoms with Gasteiger partial charge >= 0.3 is 0 Å². The van der Waals surface area contributed by atoms with Gasteiger partial charge in [0.2, 0.25) is 5.91 Å². The summed E-state index contributed by atoms with van der Waals surface area (Å²) in [6, 6.07) is 7.87. The Labute approximate surface area is 154 Å². The van der Waals surface area contributed by atoms with Crippen molar-refractivity contribution >= 4 is 17.6 Å². The van der Waals surface area contributed by atoms with Gasteiger partial charge in [0, 0.05) is 51.1 Å². The van der Waals surface area contributed by atoms with E-state index < -0.39 is 0 Å². The number of hydrogen-bond acceptors (Lipinski definition) is 3. The number of nitrogens with zero attached hydrogens (tertiary/aromatic N) is 3. The van der Waals surface area contributed by atoms with Gasteiger partial charge in [0.05, 0.1) is 5.69 Å². The molecule has 0 fully saturated rings. The third kappa shape index (κ3) is 5.34. The number of aromatic nitrogens is 2. The summed E-state index contributed by atoms with van der Waals surface area (Å²) in [5.74, 6) is 0.705. The van der Waals surface area contributed by atoms with E-state index in [0.29, 0.717) is 6.54 Å². The number of nitrogens with one attached hydrogen (secondary N) is 3. The number of carbonyl (C=O) groups is 1. The van der Waals surface area contributed by atoms with Gasteiger partial charge in [0.15, 0.2) is 5.96 Å². The Morgan fingerprint density at radius 1 is 1.19 bits per heavy atom. The summed E-state index contributed by atoms with van der Waals surface area (Å²) in [6.45, 7) is 7.05. The number of guanidine groups is 1. The predicted molar refractivity (Wildman–Crippen MR) is 105 cm³/mol. The number of amides is 1. The Bertz CT molecular complexity index is 776. The Morgan fingerprint density at radius 2 is 1.88 bits per heavy atom. The van der Waals surface area contributed by atoms with E-state index in [2.05, 4.69) is 33.0 Å². The molecule has 2 rings (SSSR count). The van der Waals surface area contributed by atoms with Crippen LogP contribution in [-0.4, -0.2) is 35.2 Å². The standard InChI is InChI=1S/C19H28N6O/c1-13-18(14(2)25(5)24-13)12-22-19(20-4)21-11-10-16-6-8-17(9-7-16)23-15(3)26/h6-9H,10-12H2,1-5H3,(H,23,26)(H2,20,21,22). The first-order valence-corrected chi connectivity index (χ1v) is 8.70. The zero-order chi connectivity index (χ0) is 19.1. The van der Waals surface area contributed by atoms with E-state index in [1.807, 2.05) is 42.9 Å². The van der Waals surface area contributed by atoms with Gasteiger partial charge in [-0.3, -0.25) is 14.5 Å². The van der Waals surface area contributed by atoms with Gasteiger partial charge in [-0.05, 0) is 38.0 Å². The molecule has 1 amide bonds. The molecule has 7 heteroatoms. The van der Waals surface area contributed by atoms with Crippen LogP contribution in [0.15, 0.2) is 29.3 Å². The maximum absolute atomic E-state index is 11.0. The van der Waals surface area contributed by atoms with Crippen LogP contribution in [0.4, 0.5) is 5.69 Å². The Kier molecular flexibility index (Phi) is 6.77. The van der Waals surface area contributed by atoms with Crippen LogP contribution < -0.4 is 16.0 Å². The quantitative estimate of drug-likeness (QED) is 0.545. The van der Waals surface area contributed by atoms with Crippen LogP contribution in [0.25, 0.3) is 0 Å². The van der Waals surface area contributed by atoms with Crippen molar-refractivity contribution in [3.8, 4) is 0 Å². The van der Waals surface area contributed by atoms with Gasteiger partial charge in [-0.15, -0.1) is 0 Å². The number of hydrogen-bond donors (Lipinski definition) is 3. The van der Waals surface area contributed by atoms with Crippen molar-refractivity contribution in [3.05, 3.63) is 46.8 Å². The van der Waals surface area contributed by atoms with Crippen molar-refractivity contribution in [1.29, 1.82) is 0 Å². The van der Waals surface area contributed by atoms with Crippen molar-refractivity contribution in [2.75, 3.05) is 18.9 Å². The van der Waals surface area contributed by atoms with E-state index in [9.17, 15) is 4.79 Å². The topological polar surface area (TPSA) is 83.3 Å². The second-order valence-corrected chi connectivity index (χ2v) is 6.25. The molecule has 0 atom stereocenters. The van der Waals surface area contributed by atoms with Crippen molar-refractivity contribution in [2.45, 2.75) is 33.7 Å². The molecule has 0 spiro atoms. The molecule has 0 saturated carbocycles. The van der Waals surface area contributed by atoms with Crippen molar-refractivity contribution < 1.29 is 4.79 Å². The van der Waals surface area contributed by atoms with Gasteiger partial charge in [0.25, 0.3) is 0 Å². The maximum atomic E-state index is 11.0. The largest absolute Gasteiger partial charge is 0.356 e. The van der Waals surface area contributed by atoms with Gasteiger partial charge in [-0.2, -0.15) is 5.10 Å². The molecule has 0 radical (unpaired) electrons. The van der Waals surface area contributed by atoms with Gasteiger partial charge < -0.3 is 16.0 Å². The lowest BCUT2D eigenvalue weighted by Crippen LogP contribution is -2.38. The number of rotatable bonds is 6. The van der Waals surface area contributed by atoms with E-state index in [4.69, 9.17) is 0 Å². The molecule has 0 unspecified atom stereocenters. The summed E-state index contributed by atoms with van der Waals surface area (Å²) < 4.78 is 1.90. The minimum absolute atomic E-state index is 0.0617. The molecule has 0 saturated heterocycles. The second-order valence-electron chi connectivity index (χ2n) is 6.25. The van der Waals surface area contributed by atoms with Crippen LogP contribution in [0.1, 0.15) is 29.4 Å². The summed E-state index contributed by atoms with van der Waals surface area (Å²) in [6.07, 6.45) is 0.867. The molecule has 0 aliphatic rings. The SMILES string of the molecule is CN=C(NCCc1ccc(NC(C)=O)cc1)NCc1c(C)nn(C)c1C. The third-order valence-corrected chi connectivity index (χ3v) is 4.30. The van der Waals surface area contributed by atoms with E-state index >= 15 is 0 Å². The number of benzene rings is 1. The molecule has 0 bridgehead atoms. The average Bonchev–Trinajstić information content (AvgIpc) is 2.84. The molecule has 0 aliphatic heterocycles. The molecule has 7 nitrogen and oxygen atoms in total. The highest BCUT2D eigenvalue weighted by Crippen LogP contribution is 2.11. The fourth-order valence-corrected chi connectivity index (χ4v) is 2.75. The zero-order valence-corrected chi connectivity index (χ0v) is 16.2. The van der Waals surface area contributed by atoms with Crippen LogP contribution >= 0.6 is 0 Å². The summed E-state index contributed by atoms with van der Waals surface area (Å²) in [4.78, 5) is 15.3. The molecule has 1 aromatic heterocycles. The summed E-state index contributed by atoms with van der Waals surface area (Å²) in [5.41, 5.74) is 5.40. The third-order valence-electron chi connectivity index (χ3n) is 4.30. The summed E-state index contributed by atoms with van der Waals surface area (Å²) in [5, 5.41) is 13.9. The zero-order valence-electron chi connectivity index (χ0n) is 16.2. The lowest BCUT2D eigenvalue weighted by Gasteiger charge is -2.12. The van der Waals surface area contributed by atoms with Crippen LogP contribution in [0.3, 0.4) is 0 Å². The number of aliphatic imine (C=N–C) groups is 1. The van der Waals surface area contributed by atoms with Crippen molar-refractivity contribution in [2.24, 2.45) is 12.0 Å². The summed E-state index contributed by atoms with van der Waals surface area (Å²) >= 11 is 0. The molecular weight excluding hydrogens is 328 g/mol. The highest BCUT2D eigenvalue weighted by Gasteiger charge is 2.09. The highest BCUT2D eigenvalue weighted by atomic mass is 16.1. The minimum atomic E-state index is -0.0617. The summed E-state index contributed by atoms with van der Waals surface area (Å²) in [7, 11) is 3.72. The second kappa shape index (κ2) is 9.03. The Morgan fingerprint density at radius 3 is 2.42 bits per heavy atom. The van der Waals surface area contributed by atoms with E-state index in [1.165, 1.54) is 18.1 Å². The predicted octanol–water partition coefficient (Wildman–Crippen LogP) is 1.90. The lowest BCUT2D eigenvalue weighted by molar-refractivity contribution is -0.114. The fourth-order valence-electron chi connectivity index (χ4n) is 2.75. The van der Waals surface area contributed by atoms with E-state index in [1.54, 1.807) is 7.05 Å². The fraction of sp³-hybridized carbons (Fsp3) is 0.421. The van der Waals surface area contributed by atoms with Crippen LogP contribution in [-0.2, 0) is 24.8 Å².